The molecule has 2 N–H and O–H groups in total. The van der Waals surface area contributed by atoms with E-state index in [2.05, 4.69) is 25.6 Å². The minimum atomic E-state index is -4.68. The first-order valence-corrected chi connectivity index (χ1v) is 7.56. The number of halogens is 5. The number of hydrogen-bond donors (Lipinski definition) is 1. The zero-order valence-electron chi connectivity index (χ0n) is 12.1. The van der Waals surface area contributed by atoms with Crippen molar-refractivity contribution in [1.82, 2.24) is 4.90 Å². The fourth-order valence-electron chi connectivity index (χ4n) is 2.54. The number of likely N-dealkylation sites (tertiary alicyclic amines) is 1. The Balaban J connectivity index is 0.00000242. The molecule has 0 aliphatic carbocycles. The number of alkyl halides is 3. The molecule has 0 aromatic heterocycles. The Morgan fingerprint density at radius 2 is 2.14 bits per heavy atom. The Morgan fingerprint density at radius 3 is 2.64 bits per heavy atom. The van der Waals surface area contributed by atoms with Gasteiger partial charge in [-0.3, -0.25) is 4.90 Å². The van der Waals surface area contributed by atoms with Crippen LogP contribution in [0.25, 0.3) is 0 Å². The van der Waals surface area contributed by atoms with Crippen LogP contribution < -0.4 is 10.5 Å². The average Bonchev–Trinajstić information content (AvgIpc) is 2.80. The topological polar surface area (TPSA) is 38.5 Å². The molecule has 126 valence electrons. The first kappa shape index (κ1) is 19.5. The van der Waals surface area contributed by atoms with E-state index < -0.39 is 6.36 Å². The predicted octanol–water partition coefficient (Wildman–Crippen LogP) is 3.94. The van der Waals surface area contributed by atoms with Gasteiger partial charge in [-0.15, -0.1) is 25.6 Å². The van der Waals surface area contributed by atoms with E-state index in [0.717, 1.165) is 25.1 Å². The summed E-state index contributed by atoms with van der Waals surface area (Å²) in [4.78, 5) is 2.26. The standard InChI is InChI=1S/C14H18BrF3N2O.ClH/c1-9(19)11-4-5-20(8-11)7-10-2-3-13(12(15)6-10)21-14(16,17)18;/h2-3,6,9,11H,4-5,7-8,19H2,1H3;1H. The van der Waals surface area contributed by atoms with Crippen LogP contribution in [0.1, 0.15) is 18.9 Å². The largest absolute Gasteiger partial charge is 0.573 e. The molecule has 3 nitrogen and oxygen atoms in total. The van der Waals surface area contributed by atoms with Gasteiger partial charge in [0.2, 0.25) is 0 Å². The van der Waals surface area contributed by atoms with Crippen molar-refractivity contribution in [3.05, 3.63) is 28.2 Å². The van der Waals surface area contributed by atoms with Crippen LogP contribution in [0, 0.1) is 5.92 Å². The highest BCUT2D eigenvalue weighted by Crippen LogP contribution is 2.31. The van der Waals surface area contributed by atoms with Crippen molar-refractivity contribution in [2.24, 2.45) is 11.7 Å². The van der Waals surface area contributed by atoms with Gasteiger partial charge in [-0.25, -0.2) is 0 Å². The van der Waals surface area contributed by atoms with E-state index in [0.29, 0.717) is 16.9 Å². The van der Waals surface area contributed by atoms with Crippen LogP contribution in [0.3, 0.4) is 0 Å². The molecule has 0 amide bonds. The van der Waals surface area contributed by atoms with Crippen LogP contribution in [-0.2, 0) is 6.54 Å². The third-order valence-electron chi connectivity index (χ3n) is 3.68. The minimum Gasteiger partial charge on any atom is -0.405 e. The molecule has 2 atom stereocenters. The Hall–Kier alpha value is -0.500. The lowest BCUT2D eigenvalue weighted by molar-refractivity contribution is -0.274. The highest BCUT2D eigenvalue weighted by molar-refractivity contribution is 9.10. The number of benzene rings is 1. The van der Waals surface area contributed by atoms with Crippen molar-refractivity contribution in [3.8, 4) is 5.75 Å². The fourth-order valence-corrected chi connectivity index (χ4v) is 3.05. The SMILES string of the molecule is CC(N)C1CCN(Cc2ccc(OC(F)(F)F)c(Br)c2)C1.Cl. The Morgan fingerprint density at radius 1 is 1.45 bits per heavy atom. The average molecular weight is 404 g/mol. The molecule has 0 saturated carbocycles. The van der Waals surface area contributed by atoms with Gasteiger partial charge in [0.15, 0.2) is 0 Å². The molecule has 22 heavy (non-hydrogen) atoms. The quantitative estimate of drug-likeness (QED) is 0.827. The monoisotopic (exact) mass is 402 g/mol. The van der Waals surface area contributed by atoms with Crippen LogP contribution in [0.5, 0.6) is 5.75 Å². The highest BCUT2D eigenvalue weighted by Gasteiger charge is 2.32. The van der Waals surface area contributed by atoms with E-state index in [1.807, 2.05) is 6.92 Å². The summed E-state index contributed by atoms with van der Waals surface area (Å²) in [5.41, 5.74) is 6.84. The molecule has 1 aromatic carbocycles. The normalized spacial score (nSPS) is 20.5. The van der Waals surface area contributed by atoms with Gasteiger partial charge in [-0.1, -0.05) is 6.07 Å². The summed E-state index contributed by atoms with van der Waals surface area (Å²) in [5.74, 6) is 0.266. The molecule has 0 bridgehead atoms. The second kappa shape index (κ2) is 7.86. The summed E-state index contributed by atoms with van der Waals surface area (Å²) in [6.45, 7) is 4.60. The summed E-state index contributed by atoms with van der Waals surface area (Å²) >= 11 is 3.12. The fraction of sp³-hybridized carbons (Fsp3) is 0.571. The third kappa shape index (κ3) is 5.61. The molecule has 0 radical (unpaired) electrons. The number of rotatable bonds is 4. The van der Waals surface area contributed by atoms with Gasteiger partial charge in [0.1, 0.15) is 5.75 Å². The number of nitrogens with zero attached hydrogens (tertiary/aromatic N) is 1. The first-order chi connectivity index (χ1) is 9.74. The lowest BCUT2D eigenvalue weighted by Crippen LogP contribution is -2.29. The lowest BCUT2D eigenvalue weighted by Gasteiger charge is -2.18. The van der Waals surface area contributed by atoms with Crippen LogP contribution in [0.15, 0.2) is 22.7 Å². The summed E-state index contributed by atoms with van der Waals surface area (Å²) in [5, 5.41) is 0. The van der Waals surface area contributed by atoms with Gasteiger partial charge in [0.05, 0.1) is 4.47 Å². The van der Waals surface area contributed by atoms with E-state index in [-0.39, 0.29) is 24.2 Å². The van der Waals surface area contributed by atoms with Crippen molar-refractivity contribution in [1.29, 1.82) is 0 Å². The van der Waals surface area contributed by atoms with Crippen molar-refractivity contribution < 1.29 is 17.9 Å². The van der Waals surface area contributed by atoms with Gasteiger partial charge in [0.25, 0.3) is 0 Å². The van der Waals surface area contributed by atoms with Crippen molar-refractivity contribution in [3.63, 3.8) is 0 Å². The Kier molecular flexibility index (Phi) is 6.98. The zero-order chi connectivity index (χ0) is 15.6. The molecule has 1 aliphatic heterocycles. The summed E-state index contributed by atoms with van der Waals surface area (Å²) in [6, 6.07) is 4.83. The zero-order valence-corrected chi connectivity index (χ0v) is 14.5. The molecule has 2 unspecified atom stereocenters. The van der Waals surface area contributed by atoms with Crippen molar-refractivity contribution in [2.75, 3.05) is 13.1 Å². The van der Waals surface area contributed by atoms with E-state index in [4.69, 9.17) is 5.73 Å². The number of ether oxygens (including phenoxy) is 1. The van der Waals surface area contributed by atoms with Gasteiger partial charge in [-0.2, -0.15) is 0 Å². The third-order valence-corrected chi connectivity index (χ3v) is 4.30. The van der Waals surface area contributed by atoms with Crippen LogP contribution in [0.2, 0.25) is 0 Å². The van der Waals surface area contributed by atoms with E-state index in [9.17, 15) is 13.2 Å². The van der Waals surface area contributed by atoms with Gasteiger partial charge in [0, 0.05) is 19.1 Å². The maximum atomic E-state index is 12.2. The molecule has 1 fully saturated rings. The molecule has 1 aliphatic rings. The first-order valence-electron chi connectivity index (χ1n) is 6.76. The molecule has 0 spiro atoms. The van der Waals surface area contributed by atoms with Gasteiger partial charge >= 0.3 is 6.36 Å². The minimum absolute atomic E-state index is 0. The number of hydrogen-bond acceptors (Lipinski definition) is 3. The van der Waals surface area contributed by atoms with Gasteiger partial charge < -0.3 is 10.5 Å². The van der Waals surface area contributed by atoms with Crippen molar-refractivity contribution >= 4 is 28.3 Å². The summed E-state index contributed by atoms with van der Waals surface area (Å²) in [7, 11) is 0. The van der Waals surface area contributed by atoms with Gasteiger partial charge in [-0.05, 0) is 59.4 Å². The van der Waals surface area contributed by atoms with E-state index in [1.54, 1.807) is 12.1 Å². The molecular weight excluding hydrogens is 385 g/mol. The summed E-state index contributed by atoms with van der Waals surface area (Å²) in [6.07, 6.45) is -3.61. The summed E-state index contributed by atoms with van der Waals surface area (Å²) < 4.78 is 40.8. The molecule has 8 heteroatoms. The molecule has 2 rings (SSSR count). The van der Waals surface area contributed by atoms with E-state index in [1.165, 1.54) is 6.07 Å². The maximum Gasteiger partial charge on any atom is 0.573 e. The Bertz CT molecular complexity index is 499. The van der Waals surface area contributed by atoms with Crippen LogP contribution in [0.4, 0.5) is 13.2 Å². The lowest BCUT2D eigenvalue weighted by atomic mass is 10.0. The second-order valence-corrected chi connectivity index (χ2v) is 6.31. The van der Waals surface area contributed by atoms with Crippen LogP contribution in [-0.4, -0.2) is 30.4 Å². The predicted molar refractivity (Wildman–Crippen MR) is 85.1 cm³/mol. The van der Waals surface area contributed by atoms with Crippen molar-refractivity contribution in [2.45, 2.75) is 32.3 Å². The molecule has 1 aromatic rings. The highest BCUT2D eigenvalue weighted by atomic mass is 79.9. The molecule has 1 saturated heterocycles. The number of nitrogens with two attached hydrogens (primary N) is 1. The molecular formula is C14H19BrClF3N2O. The Labute approximate surface area is 142 Å². The maximum absolute atomic E-state index is 12.2. The smallest absolute Gasteiger partial charge is 0.405 e. The molecule has 1 heterocycles. The van der Waals surface area contributed by atoms with E-state index >= 15 is 0 Å². The van der Waals surface area contributed by atoms with Crippen LogP contribution >= 0.6 is 28.3 Å². The second-order valence-electron chi connectivity index (χ2n) is 5.46.